The van der Waals surface area contributed by atoms with Crippen LogP contribution in [0.25, 0.3) is 0 Å². The molecule has 0 radical (unpaired) electrons. The van der Waals surface area contributed by atoms with E-state index in [2.05, 4.69) is 10.5 Å². The molecule has 0 amide bonds. The summed E-state index contributed by atoms with van der Waals surface area (Å²) in [5, 5.41) is 15.2. The molecule has 1 aromatic carbocycles. The number of nitrogens with two attached hydrogens (primary N) is 1. The van der Waals surface area contributed by atoms with Crippen molar-refractivity contribution in [1.82, 2.24) is 0 Å². The van der Waals surface area contributed by atoms with Crippen molar-refractivity contribution in [2.24, 2.45) is 16.8 Å². The van der Waals surface area contributed by atoms with Crippen molar-refractivity contribution in [2.45, 2.75) is 39.2 Å². The molecule has 0 bridgehead atoms. The molecule has 1 aliphatic rings. The van der Waals surface area contributed by atoms with Crippen molar-refractivity contribution in [3.8, 4) is 0 Å². The third-order valence-electron chi connectivity index (χ3n) is 4.04. The van der Waals surface area contributed by atoms with Crippen LogP contribution >= 0.6 is 0 Å². The number of anilines is 1. The number of esters is 1. The van der Waals surface area contributed by atoms with Crippen LogP contribution in [0.1, 0.15) is 37.3 Å². The van der Waals surface area contributed by atoms with Gasteiger partial charge in [0, 0.05) is 17.3 Å². The molecule has 22 heavy (non-hydrogen) atoms. The second-order valence-electron chi connectivity index (χ2n) is 5.62. The smallest absolute Gasteiger partial charge is 0.308 e. The normalized spacial score (nSPS) is 21.6. The zero-order valence-electron chi connectivity index (χ0n) is 13.0. The highest BCUT2D eigenvalue weighted by molar-refractivity contribution is 5.97. The summed E-state index contributed by atoms with van der Waals surface area (Å²) in [7, 11) is 0. The molecule has 0 spiro atoms. The Kier molecular flexibility index (Phi) is 5.25. The molecule has 1 aromatic rings. The maximum atomic E-state index is 11.8. The van der Waals surface area contributed by atoms with Gasteiger partial charge in [-0.1, -0.05) is 5.16 Å². The Hall–Kier alpha value is -2.24. The van der Waals surface area contributed by atoms with Gasteiger partial charge < -0.3 is 21.0 Å². The second kappa shape index (κ2) is 7.15. The SMILES string of the molecule is CCOC(=O)C1CCC(Nc2ccc(C(N)=NO)cc2C)C1. The summed E-state index contributed by atoms with van der Waals surface area (Å²) in [5.74, 6) is -0.00196. The second-order valence-corrected chi connectivity index (χ2v) is 5.62. The van der Waals surface area contributed by atoms with E-state index in [0.29, 0.717) is 12.2 Å². The molecule has 120 valence electrons. The Morgan fingerprint density at radius 1 is 1.50 bits per heavy atom. The molecular weight excluding hydrogens is 282 g/mol. The zero-order valence-corrected chi connectivity index (χ0v) is 13.0. The lowest BCUT2D eigenvalue weighted by molar-refractivity contribution is -0.147. The van der Waals surface area contributed by atoms with Crippen LogP contribution in [0.4, 0.5) is 5.69 Å². The topological polar surface area (TPSA) is 96.9 Å². The van der Waals surface area contributed by atoms with Crippen molar-refractivity contribution < 1.29 is 14.7 Å². The molecule has 1 aliphatic carbocycles. The van der Waals surface area contributed by atoms with Gasteiger partial charge in [0.25, 0.3) is 0 Å². The van der Waals surface area contributed by atoms with Gasteiger partial charge in [0.15, 0.2) is 5.84 Å². The lowest BCUT2D eigenvalue weighted by Gasteiger charge is -2.17. The van der Waals surface area contributed by atoms with Gasteiger partial charge in [-0.05, 0) is 56.9 Å². The Bertz CT molecular complexity index is 572. The van der Waals surface area contributed by atoms with E-state index in [-0.39, 0.29) is 23.8 Å². The number of oxime groups is 1. The Labute approximate surface area is 130 Å². The minimum atomic E-state index is -0.0919. The van der Waals surface area contributed by atoms with Crippen molar-refractivity contribution in [1.29, 1.82) is 0 Å². The number of hydrogen-bond acceptors (Lipinski definition) is 5. The molecule has 0 aromatic heterocycles. The van der Waals surface area contributed by atoms with Gasteiger partial charge in [0.1, 0.15) is 0 Å². The highest BCUT2D eigenvalue weighted by Crippen LogP contribution is 2.30. The third-order valence-corrected chi connectivity index (χ3v) is 4.04. The van der Waals surface area contributed by atoms with E-state index in [1.807, 2.05) is 32.0 Å². The first kappa shape index (κ1) is 16.1. The molecule has 1 fully saturated rings. The molecule has 6 heteroatoms. The largest absolute Gasteiger partial charge is 0.466 e. The number of benzene rings is 1. The number of ether oxygens (including phenoxy) is 1. The summed E-state index contributed by atoms with van der Waals surface area (Å²) in [5.41, 5.74) is 8.29. The fourth-order valence-electron chi connectivity index (χ4n) is 2.85. The standard InChI is InChI=1S/C16H23N3O3/c1-3-22-16(20)12-4-6-13(9-12)18-14-7-5-11(8-10(14)2)15(17)19-21/h5,7-8,12-13,18,21H,3-4,6,9H2,1-2H3,(H2,17,19). The lowest BCUT2D eigenvalue weighted by Crippen LogP contribution is -2.20. The van der Waals surface area contributed by atoms with Gasteiger partial charge in [-0.3, -0.25) is 4.79 Å². The number of aryl methyl sites for hydroxylation is 1. The molecule has 2 atom stereocenters. The van der Waals surface area contributed by atoms with E-state index in [9.17, 15) is 4.79 Å². The zero-order chi connectivity index (χ0) is 16.1. The van der Waals surface area contributed by atoms with Crippen LogP contribution in [0.3, 0.4) is 0 Å². The lowest BCUT2D eigenvalue weighted by atomic mass is 10.1. The van der Waals surface area contributed by atoms with Gasteiger partial charge in [0.2, 0.25) is 0 Å². The van der Waals surface area contributed by atoms with E-state index >= 15 is 0 Å². The highest BCUT2D eigenvalue weighted by Gasteiger charge is 2.30. The molecule has 0 heterocycles. The first-order valence-electron chi connectivity index (χ1n) is 7.56. The molecule has 0 aliphatic heterocycles. The number of amidine groups is 1. The first-order valence-corrected chi connectivity index (χ1v) is 7.56. The van der Waals surface area contributed by atoms with E-state index < -0.39 is 0 Å². The van der Waals surface area contributed by atoms with E-state index in [1.54, 1.807) is 0 Å². The van der Waals surface area contributed by atoms with Crippen molar-refractivity contribution >= 4 is 17.5 Å². The minimum absolute atomic E-state index is 0.00537. The number of nitrogens with zero attached hydrogens (tertiary/aromatic N) is 1. The molecule has 2 rings (SSSR count). The van der Waals surface area contributed by atoms with Crippen LogP contribution in [-0.4, -0.2) is 29.7 Å². The summed E-state index contributed by atoms with van der Waals surface area (Å²) in [6, 6.07) is 5.86. The summed E-state index contributed by atoms with van der Waals surface area (Å²) >= 11 is 0. The van der Waals surface area contributed by atoms with Crippen LogP contribution in [0.5, 0.6) is 0 Å². The summed E-state index contributed by atoms with van der Waals surface area (Å²) in [6.07, 6.45) is 2.60. The fraction of sp³-hybridized carbons (Fsp3) is 0.500. The summed E-state index contributed by atoms with van der Waals surface area (Å²) < 4.78 is 5.09. The van der Waals surface area contributed by atoms with Gasteiger partial charge >= 0.3 is 5.97 Å². The van der Waals surface area contributed by atoms with Crippen LogP contribution in [-0.2, 0) is 9.53 Å². The van der Waals surface area contributed by atoms with Crippen molar-refractivity contribution in [2.75, 3.05) is 11.9 Å². The number of nitrogens with one attached hydrogen (secondary N) is 1. The number of rotatable bonds is 5. The fourth-order valence-corrected chi connectivity index (χ4v) is 2.85. The third kappa shape index (κ3) is 3.69. The van der Waals surface area contributed by atoms with E-state index in [0.717, 1.165) is 30.5 Å². The molecule has 4 N–H and O–H groups in total. The molecule has 2 unspecified atom stereocenters. The number of carbonyl (C=O) groups excluding carboxylic acids is 1. The van der Waals surface area contributed by atoms with Crippen LogP contribution in [0.15, 0.2) is 23.4 Å². The number of hydrogen-bond donors (Lipinski definition) is 3. The molecule has 6 nitrogen and oxygen atoms in total. The molecule has 1 saturated carbocycles. The van der Waals surface area contributed by atoms with Crippen LogP contribution < -0.4 is 11.1 Å². The Morgan fingerprint density at radius 2 is 2.27 bits per heavy atom. The average molecular weight is 305 g/mol. The van der Waals surface area contributed by atoms with Gasteiger partial charge in [0.05, 0.1) is 12.5 Å². The number of carbonyl (C=O) groups is 1. The van der Waals surface area contributed by atoms with Crippen LogP contribution in [0.2, 0.25) is 0 Å². The maximum Gasteiger partial charge on any atom is 0.308 e. The minimum Gasteiger partial charge on any atom is -0.466 e. The summed E-state index contributed by atoms with van der Waals surface area (Å²) in [6.45, 7) is 4.23. The Balaban J connectivity index is 1.99. The maximum absolute atomic E-state index is 11.8. The quantitative estimate of drug-likeness (QED) is 0.255. The summed E-state index contributed by atoms with van der Waals surface area (Å²) in [4.78, 5) is 11.8. The average Bonchev–Trinajstić information content (AvgIpc) is 2.97. The van der Waals surface area contributed by atoms with Gasteiger partial charge in [-0.25, -0.2) is 0 Å². The molecular formula is C16H23N3O3. The van der Waals surface area contributed by atoms with E-state index in [1.165, 1.54) is 0 Å². The first-order chi connectivity index (χ1) is 10.5. The Morgan fingerprint density at radius 3 is 2.91 bits per heavy atom. The van der Waals surface area contributed by atoms with Gasteiger partial charge in [-0.15, -0.1) is 0 Å². The van der Waals surface area contributed by atoms with E-state index in [4.69, 9.17) is 15.7 Å². The predicted octanol–water partition coefficient (Wildman–Crippen LogP) is 2.23. The van der Waals surface area contributed by atoms with Crippen LogP contribution in [0, 0.1) is 12.8 Å². The monoisotopic (exact) mass is 305 g/mol. The molecule has 0 saturated heterocycles. The van der Waals surface area contributed by atoms with Gasteiger partial charge in [-0.2, -0.15) is 0 Å². The van der Waals surface area contributed by atoms with Crippen molar-refractivity contribution in [3.63, 3.8) is 0 Å². The predicted molar refractivity (Wildman–Crippen MR) is 85.1 cm³/mol. The highest BCUT2D eigenvalue weighted by atomic mass is 16.5. The van der Waals surface area contributed by atoms with Crippen molar-refractivity contribution in [3.05, 3.63) is 29.3 Å².